The first kappa shape index (κ1) is 21.3. The van der Waals surface area contributed by atoms with Crippen LogP contribution in [0, 0.1) is 11.6 Å². The molecule has 0 bridgehead atoms. The number of aryl methyl sites for hydroxylation is 1. The molecule has 0 amide bonds. The number of aliphatic imine (C=N–C) groups is 1. The Kier molecular flexibility index (Phi) is 7.75. The maximum atomic E-state index is 14.0. The number of hydrogen-bond donors (Lipinski definition) is 2. The van der Waals surface area contributed by atoms with E-state index in [1.165, 1.54) is 18.2 Å². The Labute approximate surface area is 174 Å². The van der Waals surface area contributed by atoms with Crippen molar-refractivity contribution < 1.29 is 8.78 Å². The molecule has 1 aromatic carbocycles. The minimum Gasteiger partial charge on any atom is -0.365 e. The van der Waals surface area contributed by atoms with Crippen LogP contribution in [0.1, 0.15) is 19.2 Å². The standard InChI is InChI=1S/C17H23F2N7.HI/c1-3-20-17(21-9-15-24-22-11-25(15)2)23-12-7-8-26(10-12)16-13(18)5-4-6-14(16)19;/h4-6,11-12H,3,7-10H2,1-2H3,(H2,20,21,23);1H. The quantitative estimate of drug-likeness (QED) is 0.381. The fraction of sp³-hybridized carbons (Fsp3) is 0.471. The molecule has 0 spiro atoms. The Hall–Kier alpha value is -1.98. The number of nitrogens with zero attached hydrogens (tertiary/aromatic N) is 5. The lowest BCUT2D eigenvalue weighted by atomic mass is 10.2. The SMILES string of the molecule is CCNC(=NCc1nncn1C)NC1CCN(c2c(F)cccc2F)C1.I. The van der Waals surface area contributed by atoms with Crippen LogP contribution in [-0.4, -0.2) is 46.4 Å². The van der Waals surface area contributed by atoms with E-state index < -0.39 is 11.6 Å². The molecule has 0 aliphatic carbocycles. The van der Waals surface area contributed by atoms with E-state index >= 15 is 0 Å². The summed E-state index contributed by atoms with van der Waals surface area (Å²) in [7, 11) is 1.86. The molecule has 1 unspecified atom stereocenters. The van der Waals surface area contributed by atoms with Gasteiger partial charge in [-0.3, -0.25) is 0 Å². The predicted octanol–water partition coefficient (Wildman–Crippen LogP) is 2.05. The van der Waals surface area contributed by atoms with Gasteiger partial charge >= 0.3 is 0 Å². The third kappa shape index (κ3) is 5.27. The highest BCUT2D eigenvalue weighted by molar-refractivity contribution is 14.0. The van der Waals surface area contributed by atoms with Gasteiger partial charge in [-0.15, -0.1) is 34.2 Å². The number of anilines is 1. The van der Waals surface area contributed by atoms with Crippen molar-refractivity contribution in [3.05, 3.63) is 42.0 Å². The van der Waals surface area contributed by atoms with Crippen molar-refractivity contribution in [3.8, 4) is 0 Å². The highest BCUT2D eigenvalue weighted by atomic mass is 127. The fourth-order valence-electron chi connectivity index (χ4n) is 2.99. The Balaban J connectivity index is 0.00000261. The first-order valence-electron chi connectivity index (χ1n) is 8.65. The Bertz CT molecular complexity index is 760. The average Bonchev–Trinajstić information content (AvgIpc) is 3.22. The molecule has 1 aliphatic heterocycles. The zero-order chi connectivity index (χ0) is 18.5. The van der Waals surface area contributed by atoms with Crippen molar-refractivity contribution in [3.63, 3.8) is 0 Å². The van der Waals surface area contributed by atoms with Gasteiger partial charge in [0.2, 0.25) is 0 Å². The summed E-state index contributed by atoms with van der Waals surface area (Å²) in [4.78, 5) is 6.25. The van der Waals surface area contributed by atoms with Gasteiger partial charge in [0.25, 0.3) is 0 Å². The van der Waals surface area contributed by atoms with Crippen molar-refractivity contribution in [2.45, 2.75) is 25.9 Å². The molecular weight excluding hydrogens is 467 g/mol. The van der Waals surface area contributed by atoms with E-state index in [9.17, 15) is 8.78 Å². The smallest absolute Gasteiger partial charge is 0.191 e. The maximum absolute atomic E-state index is 14.0. The number of para-hydroxylation sites is 1. The second kappa shape index (κ2) is 9.81. The first-order chi connectivity index (χ1) is 12.6. The largest absolute Gasteiger partial charge is 0.365 e. The topological polar surface area (TPSA) is 70.4 Å². The monoisotopic (exact) mass is 491 g/mol. The van der Waals surface area contributed by atoms with Gasteiger partial charge in [0.15, 0.2) is 11.8 Å². The number of benzene rings is 1. The van der Waals surface area contributed by atoms with Crippen molar-refractivity contribution in [2.75, 3.05) is 24.5 Å². The minimum atomic E-state index is -0.534. The molecule has 7 nitrogen and oxygen atoms in total. The summed E-state index contributed by atoms with van der Waals surface area (Å²) in [5, 5.41) is 14.4. The van der Waals surface area contributed by atoms with E-state index in [0.29, 0.717) is 32.1 Å². The molecule has 1 saturated heterocycles. The molecule has 2 heterocycles. The molecule has 2 aromatic rings. The van der Waals surface area contributed by atoms with E-state index in [2.05, 4.69) is 25.8 Å². The van der Waals surface area contributed by atoms with Gasteiger partial charge in [0.1, 0.15) is 30.2 Å². The van der Waals surface area contributed by atoms with Crippen LogP contribution in [-0.2, 0) is 13.6 Å². The van der Waals surface area contributed by atoms with Crippen LogP contribution in [0.5, 0.6) is 0 Å². The van der Waals surface area contributed by atoms with Crippen molar-refractivity contribution in [1.29, 1.82) is 0 Å². The molecule has 1 fully saturated rings. The van der Waals surface area contributed by atoms with E-state index in [1.807, 2.05) is 18.5 Å². The van der Waals surface area contributed by atoms with Crippen LogP contribution in [0.15, 0.2) is 29.5 Å². The second-order valence-electron chi connectivity index (χ2n) is 6.20. The van der Waals surface area contributed by atoms with E-state index in [-0.39, 0.29) is 35.7 Å². The van der Waals surface area contributed by atoms with Crippen LogP contribution in [0.4, 0.5) is 14.5 Å². The van der Waals surface area contributed by atoms with Gasteiger partial charge in [0, 0.05) is 32.7 Å². The zero-order valence-corrected chi connectivity index (χ0v) is 17.7. The van der Waals surface area contributed by atoms with E-state index in [4.69, 9.17) is 0 Å². The number of guanidine groups is 1. The molecule has 1 aliphatic rings. The van der Waals surface area contributed by atoms with Gasteiger partial charge in [-0.25, -0.2) is 13.8 Å². The lowest BCUT2D eigenvalue weighted by molar-refractivity contribution is 0.576. The predicted molar refractivity (Wildman–Crippen MR) is 111 cm³/mol. The fourth-order valence-corrected chi connectivity index (χ4v) is 2.99. The van der Waals surface area contributed by atoms with Crippen LogP contribution in [0.2, 0.25) is 0 Å². The molecule has 27 heavy (non-hydrogen) atoms. The lowest BCUT2D eigenvalue weighted by Gasteiger charge is -2.21. The summed E-state index contributed by atoms with van der Waals surface area (Å²) in [6.07, 6.45) is 2.39. The number of halogens is 3. The molecule has 148 valence electrons. The third-order valence-corrected chi connectivity index (χ3v) is 4.31. The second-order valence-corrected chi connectivity index (χ2v) is 6.20. The molecule has 1 aromatic heterocycles. The molecule has 10 heteroatoms. The van der Waals surface area contributed by atoms with Crippen LogP contribution in [0.3, 0.4) is 0 Å². The van der Waals surface area contributed by atoms with Crippen molar-refractivity contribution in [2.24, 2.45) is 12.0 Å². The molecule has 0 saturated carbocycles. The highest BCUT2D eigenvalue weighted by Gasteiger charge is 2.27. The van der Waals surface area contributed by atoms with Gasteiger partial charge in [-0.05, 0) is 25.5 Å². The van der Waals surface area contributed by atoms with Gasteiger partial charge in [-0.2, -0.15) is 0 Å². The van der Waals surface area contributed by atoms with Crippen molar-refractivity contribution >= 4 is 35.6 Å². The van der Waals surface area contributed by atoms with Gasteiger partial charge in [-0.1, -0.05) is 6.07 Å². The Morgan fingerprint density at radius 2 is 2.07 bits per heavy atom. The van der Waals surface area contributed by atoms with E-state index in [0.717, 1.165) is 12.2 Å². The summed E-state index contributed by atoms with van der Waals surface area (Å²) in [5.41, 5.74) is 0.0397. The van der Waals surface area contributed by atoms with Gasteiger partial charge < -0.3 is 20.1 Å². The highest BCUT2D eigenvalue weighted by Crippen LogP contribution is 2.26. The third-order valence-electron chi connectivity index (χ3n) is 4.31. The summed E-state index contributed by atoms with van der Waals surface area (Å²) >= 11 is 0. The number of rotatable bonds is 5. The summed E-state index contributed by atoms with van der Waals surface area (Å²) in [6, 6.07) is 3.99. The Morgan fingerprint density at radius 3 is 2.70 bits per heavy atom. The first-order valence-corrected chi connectivity index (χ1v) is 8.65. The number of hydrogen-bond acceptors (Lipinski definition) is 4. The summed E-state index contributed by atoms with van der Waals surface area (Å²) in [6.45, 7) is 4.17. The van der Waals surface area contributed by atoms with Crippen LogP contribution < -0.4 is 15.5 Å². The molecular formula is C17H24F2IN7. The molecule has 2 N–H and O–H groups in total. The van der Waals surface area contributed by atoms with Gasteiger partial charge in [0.05, 0.1) is 0 Å². The minimum absolute atomic E-state index is 0. The van der Waals surface area contributed by atoms with Crippen molar-refractivity contribution in [1.82, 2.24) is 25.4 Å². The van der Waals surface area contributed by atoms with Crippen LogP contribution >= 0.6 is 24.0 Å². The zero-order valence-electron chi connectivity index (χ0n) is 15.3. The van der Waals surface area contributed by atoms with Crippen LogP contribution in [0.25, 0.3) is 0 Å². The molecule has 1 atom stereocenters. The van der Waals surface area contributed by atoms with E-state index in [1.54, 1.807) is 11.2 Å². The summed E-state index contributed by atoms with van der Waals surface area (Å²) < 4.78 is 29.8. The average molecular weight is 491 g/mol. The lowest BCUT2D eigenvalue weighted by Crippen LogP contribution is -2.44. The number of nitrogens with one attached hydrogen (secondary N) is 2. The number of aromatic nitrogens is 3. The molecule has 3 rings (SSSR count). The normalized spacial score (nSPS) is 17.0. The Morgan fingerprint density at radius 1 is 1.33 bits per heavy atom. The summed E-state index contributed by atoms with van der Waals surface area (Å²) in [5.74, 6) is 0.335. The maximum Gasteiger partial charge on any atom is 0.191 e. The molecule has 0 radical (unpaired) electrons.